The van der Waals surface area contributed by atoms with Gasteiger partial charge in [0.25, 0.3) is 0 Å². The van der Waals surface area contributed by atoms with Crippen molar-refractivity contribution in [2.45, 2.75) is 19.6 Å². The predicted molar refractivity (Wildman–Crippen MR) is 78.3 cm³/mol. The minimum Gasteiger partial charge on any atom is -0.493 e. The van der Waals surface area contributed by atoms with Crippen molar-refractivity contribution in [1.82, 2.24) is 10.2 Å². The first-order valence-corrected chi connectivity index (χ1v) is 6.71. The SMILES string of the molecule is COc1cc(CN(C)CCC(=O)NC(N)=O)ccc1OC(F)F. The molecule has 128 valence electrons. The summed E-state index contributed by atoms with van der Waals surface area (Å²) in [6.45, 7) is -2.09. The van der Waals surface area contributed by atoms with Crippen molar-refractivity contribution in [3.8, 4) is 11.5 Å². The number of primary amides is 1. The van der Waals surface area contributed by atoms with Gasteiger partial charge in [-0.1, -0.05) is 6.07 Å². The fourth-order valence-electron chi connectivity index (χ4n) is 1.89. The molecule has 0 spiro atoms. The van der Waals surface area contributed by atoms with Gasteiger partial charge in [-0.25, -0.2) is 4.79 Å². The first kappa shape index (κ1) is 18.6. The normalized spacial score (nSPS) is 10.7. The molecule has 0 unspecified atom stereocenters. The number of rotatable bonds is 8. The smallest absolute Gasteiger partial charge is 0.387 e. The van der Waals surface area contributed by atoms with Crippen molar-refractivity contribution in [3.63, 3.8) is 0 Å². The summed E-state index contributed by atoms with van der Waals surface area (Å²) in [6, 6.07) is 3.71. The number of nitrogens with two attached hydrogens (primary N) is 1. The van der Waals surface area contributed by atoms with Gasteiger partial charge in [0, 0.05) is 19.5 Å². The van der Waals surface area contributed by atoms with Crippen LogP contribution in [-0.4, -0.2) is 44.2 Å². The number of halogens is 2. The van der Waals surface area contributed by atoms with E-state index in [2.05, 4.69) is 4.74 Å². The fraction of sp³-hybridized carbons (Fsp3) is 0.429. The van der Waals surface area contributed by atoms with Crippen LogP contribution in [-0.2, 0) is 11.3 Å². The molecule has 1 aromatic rings. The van der Waals surface area contributed by atoms with E-state index in [1.54, 1.807) is 19.2 Å². The highest BCUT2D eigenvalue weighted by Crippen LogP contribution is 2.29. The summed E-state index contributed by atoms with van der Waals surface area (Å²) >= 11 is 0. The summed E-state index contributed by atoms with van der Waals surface area (Å²) in [4.78, 5) is 23.7. The van der Waals surface area contributed by atoms with E-state index in [9.17, 15) is 18.4 Å². The molecule has 0 aliphatic carbocycles. The molecule has 0 aromatic heterocycles. The molecule has 0 atom stereocenters. The highest BCUT2D eigenvalue weighted by atomic mass is 19.3. The molecule has 0 radical (unpaired) electrons. The molecule has 0 aliphatic heterocycles. The minimum atomic E-state index is -2.93. The van der Waals surface area contributed by atoms with Gasteiger partial charge in [-0.05, 0) is 24.7 Å². The lowest BCUT2D eigenvalue weighted by Crippen LogP contribution is -2.36. The standard InChI is InChI=1S/C14H19F2N3O4/c1-19(6-5-12(20)18-14(17)21)8-9-3-4-10(23-13(15)16)11(7-9)22-2/h3-4,7,13H,5-6,8H2,1-2H3,(H3,17,18,20,21). The van der Waals surface area contributed by atoms with Gasteiger partial charge in [0.2, 0.25) is 5.91 Å². The first-order valence-electron chi connectivity index (χ1n) is 6.71. The van der Waals surface area contributed by atoms with Crippen LogP contribution in [0.1, 0.15) is 12.0 Å². The molecule has 1 rings (SSSR count). The third-order valence-electron chi connectivity index (χ3n) is 2.88. The van der Waals surface area contributed by atoms with E-state index >= 15 is 0 Å². The summed E-state index contributed by atoms with van der Waals surface area (Å²) in [5.74, 6) is -0.319. The topological polar surface area (TPSA) is 93.9 Å². The predicted octanol–water partition coefficient (Wildman–Crippen LogP) is 1.31. The molecule has 0 aliphatic rings. The molecule has 0 fully saturated rings. The van der Waals surface area contributed by atoms with Gasteiger partial charge in [-0.2, -0.15) is 8.78 Å². The molecule has 23 heavy (non-hydrogen) atoms. The Morgan fingerprint density at radius 3 is 2.61 bits per heavy atom. The van der Waals surface area contributed by atoms with E-state index in [-0.39, 0.29) is 17.9 Å². The molecule has 7 nitrogen and oxygen atoms in total. The van der Waals surface area contributed by atoms with Crippen LogP contribution < -0.4 is 20.5 Å². The van der Waals surface area contributed by atoms with E-state index in [4.69, 9.17) is 10.5 Å². The highest BCUT2D eigenvalue weighted by molar-refractivity contribution is 5.93. The Balaban J connectivity index is 2.59. The molecule has 1 aromatic carbocycles. The van der Waals surface area contributed by atoms with Crippen molar-refractivity contribution in [2.24, 2.45) is 5.73 Å². The Labute approximate surface area is 132 Å². The molecule has 9 heteroatoms. The molecule has 0 heterocycles. The van der Waals surface area contributed by atoms with E-state index in [1.165, 1.54) is 13.2 Å². The lowest BCUT2D eigenvalue weighted by atomic mass is 10.2. The number of ether oxygens (including phenoxy) is 2. The lowest BCUT2D eigenvalue weighted by Gasteiger charge is -2.17. The largest absolute Gasteiger partial charge is 0.493 e. The summed E-state index contributed by atoms with van der Waals surface area (Å²) in [5, 5.41) is 1.97. The average molecular weight is 331 g/mol. The molecule has 0 saturated heterocycles. The second kappa shape index (κ2) is 8.89. The van der Waals surface area contributed by atoms with Gasteiger partial charge in [0.05, 0.1) is 7.11 Å². The first-order chi connectivity index (χ1) is 10.8. The van der Waals surface area contributed by atoms with Crippen LogP contribution in [0.2, 0.25) is 0 Å². The van der Waals surface area contributed by atoms with E-state index in [1.807, 2.05) is 10.2 Å². The van der Waals surface area contributed by atoms with Gasteiger partial charge in [0.15, 0.2) is 11.5 Å². The van der Waals surface area contributed by atoms with Crippen LogP contribution in [0.4, 0.5) is 13.6 Å². The number of imide groups is 1. The Hall–Kier alpha value is -2.42. The number of carbonyl (C=O) groups is 2. The number of urea groups is 1. The van der Waals surface area contributed by atoms with Gasteiger partial charge in [0.1, 0.15) is 0 Å². The van der Waals surface area contributed by atoms with Gasteiger partial charge < -0.3 is 20.1 Å². The summed E-state index contributed by atoms with van der Waals surface area (Å²) in [7, 11) is 3.13. The van der Waals surface area contributed by atoms with Crippen LogP contribution in [0.5, 0.6) is 11.5 Å². The summed E-state index contributed by atoms with van der Waals surface area (Å²) in [5.41, 5.74) is 5.63. The minimum absolute atomic E-state index is 0.0465. The molecule has 3 amide bonds. The summed E-state index contributed by atoms with van der Waals surface area (Å²) in [6.07, 6.45) is 0.100. The van der Waals surface area contributed by atoms with Crippen LogP contribution in [0.3, 0.4) is 0 Å². The number of nitrogens with zero attached hydrogens (tertiary/aromatic N) is 1. The monoisotopic (exact) mass is 331 g/mol. The number of hydrogen-bond acceptors (Lipinski definition) is 5. The molecule has 0 saturated carbocycles. The van der Waals surface area contributed by atoms with Crippen LogP contribution in [0.25, 0.3) is 0 Å². The van der Waals surface area contributed by atoms with Gasteiger partial charge >= 0.3 is 12.6 Å². The van der Waals surface area contributed by atoms with Crippen molar-refractivity contribution in [1.29, 1.82) is 0 Å². The molecular weight excluding hydrogens is 312 g/mol. The van der Waals surface area contributed by atoms with E-state index < -0.39 is 18.5 Å². The Kier molecular flexibility index (Phi) is 7.20. The maximum Gasteiger partial charge on any atom is 0.387 e. The van der Waals surface area contributed by atoms with Crippen LogP contribution >= 0.6 is 0 Å². The van der Waals surface area contributed by atoms with Gasteiger partial charge in [-0.3, -0.25) is 10.1 Å². The van der Waals surface area contributed by atoms with Crippen molar-refractivity contribution < 1.29 is 27.8 Å². The zero-order valence-electron chi connectivity index (χ0n) is 12.8. The third-order valence-corrected chi connectivity index (χ3v) is 2.88. The number of alkyl halides is 2. The van der Waals surface area contributed by atoms with Crippen LogP contribution in [0.15, 0.2) is 18.2 Å². The quantitative estimate of drug-likeness (QED) is 0.749. The van der Waals surface area contributed by atoms with E-state index in [0.29, 0.717) is 13.1 Å². The van der Waals surface area contributed by atoms with Crippen molar-refractivity contribution in [3.05, 3.63) is 23.8 Å². The maximum absolute atomic E-state index is 12.3. The molecular formula is C14H19F2N3O4. The van der Waals surface area contributed by atoms with E-state index in [0.717, 1.165) is 5.56 Å². The number of amides is 3. The number of benzene rings is 1. The Morgan fingerprint density at radius 2 is 2.04 bits per heavy atom. The second-order valence-electron chi connectivity index (χ2n) is 4.76. The zero-order chi connectivity index (χ0) is 17.4. The lowest BCUT2D eigenvalue weighted by molar-refractivity contribution is -0.120. The molecule has 0 bridgehead atoms. The molecule has 3 N–H and O–H groups in total. The highest BCUT2D eigenvalue weighted by Gasteiger charge is 2.12. The number of nitrogens with one attached hydrogen (secondary N) is 1. The van der Waals surface area contributed by atoms with Crippen molar-refractivity contribution >= 4 is 11.9 Å². The Bertz CT molecular complexity index is 555. The fourth-order valence-corrected chi connectivity index (χ4v) is 1.89. The second-order valence-corrected chi connectivity index (χ2v) is 4.76. The van der Waals surface area contributed by atoms with Crippen LogP contribution in [0, 0.1) is 0 Å². The summed E-state index contributed by atoms with van der Waals surface area (Å²) < 4.78 is 33.9. The van der Waals surface area contributed by atoms with Gasteiger partial charge in [-0.15, -0.1) is 0 Å². The number of carbonyl (C=O) groups excluding carboxylic acids is 2. The zero-order valence-corrected chi connectivity index (χ0v) is 12.8. The number of hydrogen-bond donors (Lipinski definition) is 2. The average Bonchev–Trinajstić information content (AvgIpc) is 2.45. The Morgan fingerprint density at radius 1 is 1.35 bits per heavy atom. The third kappa shape index (κ3) is 6.92. The van der Waals surface area contributed by atoms with Crippen molar-refractivity contribution in [2.75, 3.05) is 20.7 Å². The maximum atomic E-state index is 12.3. The number of methoxy groups -OCH3 is 1.